The van der Waals surface area contributed by atoms with Crippen molar-refractivity contribution in [3.8, 4) is 0 Å². The van der Waals surface area contributed by atoms with Gasteiger partial charge in [0.1, 0.15) is 0 Å². The van der Waals surface area contributed by atoms with E-state index < -0.39 is 0 Å². The Bertz CT molecular complexity index is 6.00. The minimum atomic E-state index is 0. The molecule has 0 spiro atoms. The van der Waals surface area contributed by atoms with Crippen molar-refractivity contribution in [1.29, 1.82) is 0 Å². The summed E-state index contributed by atoms with van der Waals surface area (Å²) in [4.78, 5) is 0. The quantitative estimate of drug-likeness (QED) is 0.329. The molecule has 0 saturated heterocycles. The van der Waals surface area contributed by atoms with Crippen LogP contribution in [0.25, 0.3) is 0 Å². The summed E-state index contributed by atoms with van der Waals surface area (Å²) in [5, 5.41) is 0. The molecule has 0 rings (SSSR count). The van der Waals surface area contributed by atoms with Gasteiger partial charge in [0, 0.05) is 0 Å². The predicted molar refractivity (Wildman–Crippen MR) is 36.5 cm³/mol. The first-order valence-corrected chi connectivity index (χ1v) is 0. The average molecular weight is 308 g/mol. The highest BCUT2D eigenvalue weighted by Crippen LogP contribution is 0.886. The monoisotopic (exact) mass is 308 g/mol. The van der Waals surface area contributed by atoms with Crippen molar-refractivity contribution in [2.75, 3.05) is 0 Å². The van der Waals surface area contributed by atoms with Crippen LogP contribution in [0.1, 0.15) is 7.43 Å². The van der Waals surface area contributed by atoms with Crippen LogP contribution in [0.2, 0.25) is 0 Å². The van der Waals surface area contributed by atoms with E-state index in [-0.39, 0.29) is 68.9 Å². The van der Waals surface area contributed by atoms with E-state index in [1.54, 1.807) is 0 Å². The zero-order chi connectivity index (χ0) is 0. The highest BCUT2D eigenvalue weighted by atomic mass is 127. The van der Waals surface area contributed by atoms with E-state index in [2.05, 4.69) is 0 Å². The van der Waals surface area contributed by atoms with Crippen LogP contribution in [-0.4, -0.2) is 0 Å². The van der Waals surface area contributed by atoms with E-state index >= 15 is 0 Å². The molecule has 0 N–H and O–H groups in total. The molecule has 4 heavy (non-hydrogen) atoms. The molecule has 0 aliphatic heterocycles. The summed E-state index contributed by atoms with van der Waals surface area (Å²) in [6.07, 6.45) is 0. The Labute approximate surface area is 68.2 Å². The van der Waals surface area contributed by atoms with Gasteiger partial charge < -0.3 is 0 Å². The molecular formula is CH10I2S+2. The maximum Gasteiger partial charge on any atom is 0.235 e. The molecule has 0 saturated carbocycles. The Hall–Kier alpha value is 1.81. The summed E-state index contributed by atoms with van der Waals surface area (Å²) >= 11 is 0. The molecule has 0 unspecified atom stereocenters. The first-order valence-electron chi connectivity index (χ1n) is 0. The van der Waals surface area contributed by atoms with Crippen LogP contribution < -0.4 is 24.0 Å². The van der Waals surface area contributed by atoms with E-state index in [1.807, 2.05) is 0 Å². The molecule has 0 nitrogen and oxygen atoms in total. The van der Waals surface area contributed by atoms with Gasteiger partial charge >= 0.3 is 0 Å². The molecule has 0 aromatic rings. The van der Waals surface area contributed by atoms with Crippen LogP contribution in [0.3, 0.4) is 0 Å². The van der Waals surface area contributed by atoms with Crippen molar-refractivity contribution in [2.24, 2.45) is 0 Å². The van der Waals surface area contributed by atoms with Gasteiger partial charge in [-0.25, -0.2) is 0 Å². The zero-order valence-corrected chi connectivity index (χ0v) is 7.47. The summed E-state index contributed by atoms with van der Waals surface area (Å²) in [6, 6.07) is 0. The van der Waals surface area contributed by atoms with Crippen LogP contribution in [0.5, 0.6) is 0 Å². The summed E-state index contributed by atoms with van der Waals surface area (Å²) < 4.78 is 0. The van der Waals surface area contributed by atoms with E-state index in [0.29, 0.717) is 0 Å². The Kier molecular flexibility index (Phi) is 219. The van der Waals surface area contributed by atoms with Crippen molar-refractivity contribution in [2.45, 2.75) is 7.43 Å². The number of hydrogen-bond acceptors (Lipinski definition) is 0. The van der Waals surface area contributed by atoms with Crippen LogP contribution in [0.15, 0.2) is 0 Å². The first kappa shape index (κ1) is 41.0. The number of halogens is 2. The second kappa shape index (κ2) is 21.3. The average Bonchev–Trinajstić information content (AvgIpc) is 0. The van der Waals surface area contributed by atoms with Gasteiger partial charge in [0.05, 0.1) is 0 Å². The fraction of sp³-hybridized carbons (Fsp3) is 1.00. The summed E-state index contributed by atoms with van der Waals surface area (Å²) in [5.41, 5.74) is 0. The number of rotatable bonds is 0. The fourth-order valence-electron chi connectivity index (χ4n) is 0. The Balaban J connectivity index is 0. The molecule has 0 aromatic carbocycles. The van der Waals surface area contributed by atoms with Gasteiger partial charge in [-0.05, 0) is 0 Å². The molecule has 0 amide bonds. The molecule has 0 bridgehead atoms. The Morgan fingerprint density at radius 3 is 1.00 bits per heavy atom. The smallest absolute Gasteiger partial charge is 0.107 e. The van der Waals surface area contributed by atoms with Gasteiger partial charge in [-0.2, -0.15) is 0 Å². The van der Waals surface area contributed by atoms with E-state index in [1.165, 1.54) is 0 Å². The van der Waals surface area contributed by atoms with Gasteiger partial charge in [-0.1, -0.05) is 20.9 Å². The third kappa shape index (κ3) is 9.18. The van der Waals surface area contributed by atoms with Crippen molar-refractivity contribution in [1.82, 2.24) is 0 Å². The number of hydrogen-bond donors (Lipinski definition) is 0. The van der Waals surface area contributed by atoms with E-state index in [4.69, 9.17) is 0 Å². The van der Waals surface area contributed by atoms with Gasteiger partial charge in [-0.15, -0.1) is 24.0 Å². The van der Waals surface area contributed by atoms with Crippen LogP contribution >= 0.6 is 24.0 Å². The van der Waals surface area contributed by atoms with Crippen molar-refractivity contribution in [3.63, 3.8) is 0 Å². The summed E-state index contributed by atoms with van der Waals surface area (Å²) in [5.74, 6) is 0. The molecule has 0 aliphatic carbocycles. The second-order valence-corrected chi connectivity index (χ2v) is 0. The normalized spacial score (nSPS) is 0. The summed E-state index contributed by atoms with van der Waals surface area (Å²) in [7, 11) is 0. The first-order chi connectivity index (χ1) is 0. The molecular weight excluding hydrogens is 298 g/mol. The molecule has 0 atom stereocenters. The lowest BCUT2D eigenvalue weighted by Crippen LogP contribution is -3.00. The highest BCUT2D eigenvalue weighted by Gasteiger charge is 0.235. The zero-order valence-electron chi connectivity index (χ0n) is 1.43. The van der Waals surface area contributed by atoms with Crippen molar-refractivity contribution < 1.29 is 24.0 Å². The molecule has 0 heterocycles. The molecule has 0 fully saturated rings. The molecule has 0 aromatic heterocycles. The maximum atomic E-state index is 0. The minimum absolute atomic E-state index is 0. The lowest BCUT2D eigenvalue weighted by molar-refractivity contribution is -0.000000606. The van der Waals surface area contributed by atoms with E-state index in [0.717, 1.165) is 0 Å². The maximum absolute atomic E-state index is 0. The predicted octanol–water partition coefficient (Wildman–Crippen LogP) is -3.08. The van der Waals surface area contributed by atoms with Gasteiger partial charge in [0.15, 0.2) is 0 Å². The fourth-order valence-corrected chi connectivity index (χ4v) is 0. The Morgan fingerprint density at radius 1 is 1.00 bits per heavy atom. The van der Waals surface area contributed by atoms with Gasteiger partial charge in [0.25, 0.3) is 0 Å². The minimum Gasteiger partial charge on any atom is -0.107 e. The van der Waals surface area contributed by atoms with Gasteiger partial charge in [0.2, 0.25) is 24.0 Å². The topological polar surface area (TPSA) is 0 Å². The van der Waals surface area contributed by atoms with Crippen molar-refractivity contribution in [3.05, 3.63) is 0 Å². The molecule has 0 radical (unpaired) electrons. The largest absolute Gasteiger partial charge is 0.235 e. The molecule has 32 valence electrons. The third-order valence-electron chi connectivity index (χ3n) is 0. The highest BCUT2D eigenvalue weighted by molar-refractivity contribution is 14.0. The second-order valence-electron chi connectivity index (χ2n) is 0. The SMILES string of the molecule is C.I.[IH2+].[SH3+]. The summed E-state index contributed by atoms with van der Waals surface area (Å²) in [6.45, 7) is 0. The standard InChI is InChI=1S/CH4.H2I.HI.H2S/h1H4;1H2;1H;1H2/q;+1;;/p+1. The van der Waals surface area contributed by atoms with Crippen LogP contribution in [0, 0.1) is 0 Å². The molecule has 3 heteroatoms. The van der Waals surface area contributed by atoms with E-state index in [9.17, 15) is 0 Å². The Morgan fingerprint density at radius 2 is 1.00 bits per heavy atom. The lowest BCUT2D eigenvalue weighted by Gasteiger charge is -0.108. The lowest BCUT2D eigenvalue weighted by atomic mass is 12.0. The van der Waals surface area contributed by atoms with Crippen LogP contribution in [0.4, 0.5) is 0 Å². The van der Waals surface area contributed by atoms with Crippen LogP contribution in [-0.2, 0) is 13.5 Å². The third-order valence-corrected chi connectivity index (χ3v) is 0. The molecule has 0 aliphatic rings. The van der Waals surface area contributed by atoms with Gasteiger partial charge in [-0.3, -0.25) is 0 Å². The van der Waals surface area contributed by atoms with Crippen molar-refractivity contribution >= 4 is 37.5 Å².